The van der Waals surface area contributed by atoms with E-state index in [1.165, 1.54) is 0 Å². The summed E-state index contributed by atoms with van der Waals surface area (Å²) < 4.78 is 5.28. The predicted molar refractivity (Wildman–Crippen MR) is 65.9 cm³/mol. The topological polar surface area (TPSA) is 44.8 Å². The van der Waals surface area contributed by atoms with Crippen LogP contribution < -0.4 is 5.32 Å². The highest BCUT2D eigenvalue weighted by molar-refractivity contribution is 5.81. The first-order valence-corrected chi connectivity index (χ1v) is 6.53. The van der Waals surface area contributed by atoms with Crippen LogP contribution in [0, 0.1) is 0 Å². The van der Waals surface area contributed by atoms with E-state index in [1.807, 2.05) is 11.8 Å². The molecule has 0 aromatic carbocycles. The van der Waals surface area contributed by atoms with Crippen LogP contribution in [0.25, 0.3) is 0 Å². The van der Waals surface area contributed by atoms with Crippen molar-refractivity contribution in [2.75, 3.05) is 45.9 Å². The molecule has 0 spiro atoms. The molecular formula is C12H23N3O2. The van der Waals surface area contributed by atoms with Gasteiger partial charge in [0.05, 0.1) is 19.3 Å². The van der Waals surface area contributed by atoms with Crippen LogP contribution in [0.2, 0.25) is 0 Å². The minimum atomic E-state index is -0.00907. The molecule has 98 valence electrons. The van der Waals surface area contributed by atoms with Crippen LogP contribution >= 0.6 is 0 Å². The molecule has 1 amide bonds. The van der Waals surface area contributed by atoms with Crippen molar-refractivity contribution in [1.29, 1.82) is 0 Å². The van der Waals surface area contributed by atoms with Crippen LogP contribution in [0.3, 0.4) is 0 Å². The van der Waals surface area contributed by atoms with Gasteiger partial charge in [-0.3, -0.25) is 9.69 Å². The molecule has 5 nitrogen and oxygen atoms in total. The van der Waals surface area contributed by atoms with Gasteiger partial charge in [-0.05, 0) is 13.8 Å². The van der Waals surface area contributed by atoms with E-state index in [0.717, 1.165) is 32.7 Å². The fourth-order valence-corrected chi connectivity index (χ4v) is 2.62. The number of nitrogens with zero attached hydrogens (tertiary/aromatic N) is 2. The van der Waals surface area contributed by atoms with Crippen molar-refractivity contribution in [2.45, 2.75) is 25.9 Å². The third kappa shape index (κ3) is 2.97. The number of piperazine rings is 1. The first-order valence-electron chi connectivity index (χ1n) is 6.53. The molecule has 5 heteroatoms. The lowest BCUT2D eigenvalue weighted by molar-refractivity contribution is -0.141. The van der Waals surface area contributed by atoms with Gasteiger partial charge in [0, 0.05) is 38.8 Å². The lowest BCUT2D eigenvalue weighted by Gasteiger charge is -2.40. The maximum absolute atomic E-state index is 12.4. The fourth-order valence-electron chi connectivity index (χ4n) is 2.62. The Morgan fingerprint density at radius 1 is 1.35 bits per heavy atom. The number of carbonyl (C=O) groups excluding carboxylic acids is 1. The van der Waals surface area contributed by atoms with Gasteiger partial charge in [0.1, 0.15) is 0 Å². The van der Waals surface area contributed by atoms with Gasteiger partial charge in [-0.2, -0.15) is 0 Å². The van der Waals surface area contributed by atoms with Crippen LogP contribution in [-0.4, -0.2) is 73.7 Å². The van der Waals surface area contributed by atoms with E-state index in [1.54, 1.807) is 0 Å². The highest BCUT2D eigenvalue weighted by Crippen LogP contribution is 2.11. The Kier molecular flexibility index (Phi) is 4.36. The largest absolute Gasteiger partial charge is 0.378 e. The van der Waals surface area contributed by atoms with E-state index in [9.17, 15) is 4.79 Å². The van der Waals surface area contributed by atoms with Gasteiger partial charge in [0.15, 0.2) is 0 Å². The molecule has 2 rings (SSSR count). The Labute approximate surface area is 103 Å². The number of hydrogen-bond donors (Lipinski definition) is 1. The number of carbonyl (C=O) groups is 1. The van der Waals surface area contributed by atoms with Gasteiger partial charge >= 0.3 is 0 Å². The second-order valence-corrected chi connectivity index (χ2v) is 4.90. The molecule has 0 radical (unpaired) electrons. The van der Waals surface area contributed by atoms with E-state index < -0.39 is 0 Å². The zero-order chi connectivity index (χ0) is 12.3. The molecule has 0 aromatic rings. The molecule has 2 atom stereocenters. The number of morpholine rings is 1. The summed E-state index contributed by atoms with van der Waals surface area (Å²) >= 11 is 0. The van der Waals surface area contributed by atoms with Crippen LogP contribution in [0.4, 0.5) is 0 Å². The molecule has 0 aliphatic carbocycles. The molecule has 0 saturated carbocycles. The Morgan fingerprint density at radius 2 is 2.06 bits per heavy atom. The summed E-state index contributed by atoms with van der Waals surface area (Å²) in [7, 11) is 0. The smallest absolute Gasteiger partial charge is 0.239 e. The third-order valence-corrected chi connectivity index (χ3v) is 3.73. The molecule has 2 heterocycles. The summed E-state index contributed by atoms with van der Waals surface area (Å²) in [6.45, 7) is 9.94. The summed E-state index contributed by atoms with van der Waals surface area (Å²) in [5.74, 6) is 0.252. The molecule has 1 N–H and O–H groups in total. The standard InChI is InChI=1S/C12H23N3O2/c1-10-9-13-3-4-15(10)11(2)12(16)14-5-7-17-8-6-14/h10-11,13H,3-9H2,1-2H3/t10-,11?/m1/s1. The maximum Gasteiger partial charge on any atom is 0.239 e. The molecule has 2 fully saturated rings. The van der Waals surface area contributed by atoms with Crippen molar-refractivity contribution >= 4 is 5.91 Å². The maximum atomic E-state index is 12.4. The second-order valence-electron chi connectivity index (χ2n) is 4.90. The van der Waals surface area contributed by atoms with Crippen LogP contribution in [0.15, 0.2) is 0 Å². The number of amides is 1. The lowest BCUT2D eigenvalue weighted by atomic mass is 10.1. The minimum absolute atomic E-state index is 0.00907. The fraction of sp³-hybridized carbons (Fsp3) is 0.917. The number of hydrogen-bond acceptors (Lipinski definition) is 4. The summed E-state index contributed by atoms with van der Waals surface area (Å²) in [4.78, 5) is 16.6. The zero-order valence-electron chi connectivity index (χ0n) is 10.8. The van der Waals surface area contributed by atoms with Gasteiger partial charge in [0.2, 0.25) is 5.91 Å². The third-order valence-electron chi connectivity index (χ3n) is 3.73. The van der Waals surface area contributed by atoms with Crippen molar-refractivity contribution in [3.8, 4) is 0 Å². The van der Waals surface area contributed by atoms with Crippen LogP contribution in [0.1, 0.15) is 13.8 Å². The van der Waals surface area contributed by atoms with Crippen molar-refractivity contribution in [3.63, 3.8) is 0 Å². The average Bonchev–Trinajstić information content (AvgIpc) is 2.39. The van der Waals surface area contributed by atoms with Gasteiger partial charge in [-0.15, -0.1) is 0 Å². The number of rotatable bonds is 2. The number of nitrogens with one attached hydrogen (secondary N) is 1. The molecule has 2 aliphatic heterocycles. The van der Waals surface area contributed by atoms with E-state index in [0.29, 0.717) is 19.3 Å². The van der Waals surface area contributed by atoms with Gasteiger partial charge < -0.3 is 15.0 Å². The predicted octanol–water partition coefficient (Wildman–Crippen LogP) is -0.473. The Hall–Kier alpha value is -0.650. The van der Waals surface area contributed by atoms with Gasteiger partial charge in [0.25, 0.3) is 0 Å². The second kappa shape index (κ2) is 5.80. The first-order chi connectivity index (χ1) is 8.20. The van der Waals surface area contributed by atoms with E-state index in [-0.39, 0.29) is 11.9 Å². The average molecular weight is 241 g/mol. The zero-order valence-corrected chi connectivity index (χ0v) is 10.8. The Balaban J connectivity index is 1.92. The summed E-state index contributed by atoms with van der Waals surface area (Å²) in [5.41, 5.74) is 0. The normalized spacial score (nSPS) is 29.1. The monoisotopic (exact) mass is 241 g/mol. The van der Waals surface area contributed by atoms with Crippen molar-refractivity contribution in [1.82, 2.24) is 15.1 Å². The molecular weight excluding hydrogens is 218 g/mol. The minimum Gasteiger partial charge on any atom is -0.378 e. The van der Waals surface area contributed by atoms with Crippen molar-refractivity contribution in [3.05, 3.63) is 0 Å². The van der Waals surface area contributed by atoms with E-state index >= 15 is 0 Å². The van der Waals surface area contributed by atoms with E-state index in [2.05, 4.69) is 17.1 Å². The summed E-state index contributed by atoms with van der Waals surface area (Å²) in [5, 5.41) is 3.35. The molecule has 0 bridgehead atoms. The lowest BCUT2D eigenvalue weighted by Crippen LogP contribution is -2.58. The number of ether oxygens (including phenoxy) is 1. The molecule has 1 unspecified atom stereocenters. The van der Waals surface area contributed by atoms with E-state index in [4.69, 9.17) is 4.74 Å². The van der Waals surface area contributed by atoms with Crippen molar-refractivity contribution in [2.24, 2.45) is 0 Å². The SMILES string of the molecule is CC(C(=O)N1CCOCC1)N1CCNC[C@H]1C. The molecule has 0 aromatic heterocycles. The van der Waals surface area contributed by atoms with Crippen molar-refractivity contribution < 1.29 is 9.53 Å². The Bertz CT molecular complexity index is 266. The van der Waals surface area contributed by atoms with Gasteiger partial charge in [-0.1, -0.05) is 0 Å². The molecule has 17 heavy (non-hydrogen) atoms. The first kappa shape index (κ1) is 12.8. The summed E-state index contributed by atoms with van der Waals surface area (Å²) in [6, 6.07) is 0.425. The molecule has 2 aliphatic rings. The van der Waals surface area contributed by atoms with Crippen LogP contribution in [0.5, 0.6) is 0 Å². The Morgan fingerprint density at radius 3 is 2.71 bits per heavy atom. The molecule has 2 saturated heterocycles. The quantitative estimate of drug-likeness (QED) is 0.710. The van der Waals surface area contributed by atoms with Gasteiger partial charge in [-0.25, -0.2) is 0 Å². The summed E-state index contributed by atoms with van der Waals surface area (Å²) in [6.07, 6.45) is 0. The van der Waals surface area contributed by atoms with Crippen LogP contribution in [-0.2, 0) is 9.53 Å². The highest BCUT2D eigenvalue weighted by Gasteiger charge is 2.30. The highest BCUT2D eigenvalue weighted by atomic mass is 16.5.